The number of aromatic nitrogens is 1. The zero-order valence-corrected chi connectivity index (χ0v) is 11.5. The van der Waals surface area contributed by atoms with Crippen molar-refractivity contribution in [2.45, 2.75) is 6.92 Å². The van der Waals surface area contributed by atoms with E-state index >= 15 is 0 Å². The number of para-hydroxylation sites is 1. The lowest BCUT2D eigenvalue weighted by Crippen LogP contribution is -2.16. The zero-order chi connectivity index (χ0) is 14.0. The van der Waals surface area contributed by atoms with Crippen molar-refractivity contribution in [3.05, 3.63) is 53.5 Å². The number of pyridine rings is 1. The fourth-order valence-electron chi connectivity index (χ4n) is 1.81. The van der Waals surface area contributed by atoms with Gasteiger partial charge in [-0.15, -0.1) is 0 Å². The molecule has 0 aliphatic heterocycles. The molecule has 0 fully saturated rings. The van der Waals surface area contributed by atoms with Crippen LogP contribution >= 0.6 is 12.2 Å². The minimum Gasteiger partial charge on any atom is -0.389 e. The van der Waals surface area contributed by atoms with Gasteiger partial charge in [0.25, 0.3) is 0 Å². The van der Waals surface area contributed by atoms with Gasteiger partial charge in [0.2, 0.25) is 0 Å². The van der Waals surface area contributed by atoms with Crippen molar-refractivity contribution < 1.29 is 4.39 Å². The van der Waals surface area contributed by atoms with Crippen molar-refractivity contribution in [3.63, 3.8) is 0 Å². The Morgan fingerprint density at radius 1 is 1.32 bits per heavy atom. The zero-order valence-electron chi connectivity index (χ0n) is 10.7. The number of aryl methyl sites for hydroxylation is 1. The van der Waals surface area contributed by atoms with E-state index in [0.29, 0.717) is 16.5 Å². The summed E-state index contributed by atoms with van der Waals surface area (Å²) in [5, 5.41) is 0. The van der Waals surface area contributed by atoms with Crippen LogP contribution in [0, 0.1) is 12.7 Å². The van der Waals surface area contributed by atoms with Crippen LogP contribution in [0.3, 0.4) is 0 Å². The summed E-state index contributed by atoms with van der Waals surface area (Å²) in [5.74, 6) is 0.304. The molecule has 0 atom stereocenters. The summed E-state index contributed by atoms with van der Waals surface area (Å²) in [6.07, 6.45) is 0. The summed E-state index contributed by atoms with van der Waals surface area (Å²) < 4.78 is 13.8. The van der Waals surface area contributed by atoms with Crippen LogP contribution in [-0.4, -0.2) is 17.0 Å². The van der Waals surface area contributed by atoms with E-state index in [2.05, 4.69) is 4.98 Å². The molecule has 0 saturated carbocycles. The molecule has 19 heavy (non-hydrogen) atoms. The van der Waals surface area contributed by atoms with Gasteiger partial charge in [-0.05, 0) is 31.2 Å². The number of hydrogen-bond acceptors (Lipinski definition) is 3. The Kier molecular flexibility index (Phi) is 3.76. The van der Waals surface area contributed by atoms with E-state index in [9.17, 15) is 4.39 Å². The minimum atomic E-state index is -0.301. The number of rotatable bonds is 3. The lowest BCUT2D eigenvalue weighted by Gasteiger charge is -2.20. The Labute approximate surface area is 116 Å². The SMILES string of the molecule is Cc1cc(C(N)=S)cc(N(C)c2ccccc2F)n1. The van der Waals surface area contributed by atoms with Gasteiger partial charge in [-0.1, -0.05) is 24.4 Å². The first-order valence-corrected chi connectivity index (χ1v) is 6.16. The summed E-state index contributed by atoms with van der Waals surface area (Å²) in [4.78, 5) is 6.35. The van der Waals surface area contributed by atoms with E-state index in [1.807, 2.05) is 6.92 Å². The Bertz CT molecular complexity index is 628. The second-order valence-corrected chi connectivity index (χ2v) is 4.67. The van der Waals surface area contributed by atoms with Crippen LogP contribution < -0.4 is 10.6 Å². The first-order valence-electron chi connectivity index (χ1n) is 5.76. The van der Waals surface area contributed by atoms with Gasteiger partial charge < -0.3 is 10.6 Å². The maximum atomic E-state index is 13.8. The van der Waals surface area contributed by atoms with Gasteiger partial charge in [0.1, 0.15) is 16.6 Å². The maximum absolute atomic E-state index is 13.8. The Morgan fingerprint density at radius 3 is 2.63 bits per heavy atom. The maximum Gasteiger partial charge on any atom is 0.146 e. The molecule has 2 aromatic rings. The average Bonchev–Trinajstić information content (AvgIpc) is 2.37. The summed E-state index contributed by atoms with van der Waals surface area (Å²) in [6, 6.07) is 10.1. The van der Waals surface area contributed by atoms with E-state index in [-0.39, 0.29) is 5.82 Å². The van der Waals surface area contributed by atoms with Gasteiger partial charge in [-0.3, -0.25) is 0 Å². The molecular formula is C14H14FN3S. The van der Waals surface area contributed by atoms with Crippen LogP contribution in [0.25, 0.3) is 0 Å². The summed E-state index contributed by atoms with van der Waals surface area (Å²) >= 11 is 4.97. The minimum absolute atomic E-state index is 0.300. The summed E-state index contributed by atoms with van der Waals surface area (Å²) in [5.41, 5.74) is 7.59. The van der Waals surface area contributed by atoms with Crippen LogP contribution in [0.15, 0.2) is 36.4 Å². The largest absolute Gasteiger partial charge is 0.389 e. The van der Waals surface area contributed by atoms with Crippen molar-refractivity contribution in [3.8, 4) is 0 Å². The van der Waals surface area contributed by atoms with E-state index in [1.165, 1.54) is 6.07 Å². The molecule has 1 aromatic carbocycles. The normalized spacial score (nSPS) is 10.3. The molecule has 0 aliphatic carbocycles. The predicted octanol–water partition coefficient (Wildman–Crippen LogP) is 2.93. The first-order chi connectivity index (χ1) is 8.99. The highest BCUT2D eigenvalue weighted by Gasteiger charge is 2.11. The lowest BCUT2D eigenvalue weighted by molar-refractivity contribution is 0.627. The molecule has 98 valence electrons. The van der Waals surface area contributed by atoms with Crippen LogP contribution in [0.5, 0.6) is 0 Å². The molecule has 3 nitrogen and oxygen atoms in total. The number of halogens is 1. The molecule has 0 amide bonds. The smallest absolute Gasteiger partial charge is 0.146 e. The standard InChI is InChI=1S/C14H14FN3S/c1-9-7-10(14(16)19)8-13(17-9)18(2)12-6-4-3-5-11(12)15/h3-8H,1-2H3,(H2,16,19). The third-order valence-electron chi connectivity index (χ3n) is 2.78. The van der Waals surface area contributed by atoms with E-state index < -0.39 is 0 Å². The monoisotopic (exact) mass is 275 g/mol. The van der Waals surface area contributed by atoms with E-state index in [0.717, 1.165) is 11.3 Å². The number of nitrogens with zero attached hydrogens (tertiary/aromatic N) is 2. The number of benzene rings is 1. The molecule has 1 heterocycles. The highest BCUT2D eigenvalue weighted by molar-refractivity contribution is 7.80. The molecule has 5 heteroatoms. The molecule has 0 aliphatic rings. The molecule has 0 saturated heterocycles. The van der Waals surface area contributed by atoms with Gasteiger partial charge in [0, 0.05) is 18.3 Å². The highest BCUT2D eigenvalue weighted by atomic mass is 32.1. The predicted molar refractivity (Wildman–Crippen MR) is 79.3 cm³/mol. The second-order valence-electron chi connectivity index (χ2n) is 4.23. The summed E-state index contributed by atoms with van der Waals surface area (Å²) in [7, 11) is 1.75. The van der Waals surface area contributed by atoms with E-state index in [4.69, 9.17) is 18.0 Å². The highest BCUT2D eigenvalue weighted by Crippen LogP contribution is 2.25. The summed E-state index contributed by atoms with van der Waals surface area (Å²) in [6.45, 7) is 1.85. The van der Waals surface area contributed by atoms with Crippen LogP contribution in [0.4, 0.5) is 15.9 Å². The van der Waals surface area contributed by atoms with Crippen molar-refractivity contribution >= 4 is 28.7 Å². The van der Waals surface area contributed by atoms with Crippen molar-refractivity contribution in [2.24, 2.45) is 5.73 Å². The molecular weight excluding hydrogens is 261 g/mol. The molecule has 0 radical (unpaired) electrons. The number of thiocarbonyl (C=S) groups is 1. The lowest BCUT2D eigenvalue weighted by atomic mass is 10.2. The number of anilines is 2. The van der Waals surface area contributed by atoms with Crippen LogP contribution in [-0.2, 0) is 0 Å². The molecule has 0 unspecified atom stereocenters. The third-order valence-corrected chi connectivity index (χ3v) is 3.02. The van der Waals surface area contributed by atoms with Gasteiger partial charge in [0.15, 0.2) is 0 Å². The molecule has 0 spiro atoms. The Balaban J connectivity index is 2.47. The number of hydrogen-bond donors (Lipinski definition) is 1. The molecule has 2 rings (SSSR count). The fraction of sp³-hybridized carbons (Fsp3) is 0.143. The van der Waals surface area contributed by atoms with Crippen LogP contribution in [0.2, 0.25) is 0 Å². The van der Waals surface area contributed by atoms with Gasteiger partial charge >= 0.3 is 0 Å². The molecule has 2 N–H and O–H groups in total. The average molecular weight is 275 g/mol. The topological polar surface area (TPSA) is 42.1 Å². The van der Waals surface area contributed by atoms with Gasteiger partial charge in [-0.2, -0.15) is 0 Å². The van der Waals surface area contributed by atoms with E-state index in [1.54, 1.807) is 42.3 Å². The van der Waals surface area contributed by atoms with Crippen LogP contribution in [0.1, 0.15) is 11.3 Å². The van der Waals surface area contributed by atoms with Gasteiger partial charge in [0.05, 0.1) is 5.69 Å². The fourth-order valence-corrected chi connectivity index (χ4v) is 1.93. The second kappa shape index (κ2) is 5.32. The van der Waals surface area contributed by atoms with Crippen molar-refractivity contribution in [1.82, 2.24) is 4.98 Å². The third kappa shape index (κ3) is 2.88. The first kappa shape index (κ1) is 13.4. The molecule has 1 aromatic heterocycles. The Morgan fingerprint density at radius 2 is 2.00 bits per heavy atom. The molecule has 0 bridgehead atoms. The van der Waals surface area contributed by atoms with Crippen molar-refractivity contribution in [2.75, 3.05) is 11.9 Å². The van der Waals surface area contributed by atoms with Crippen molar-refractivity contribution in [1.29, 1.82) is 0 Å². The number of nitrogens with two attached hydrogens (primary N) is 1. The van der Waals surface area contributed by atoms with Gasteiger partial charge in [-0.25, -0.2) is 9.37 Å². The quantitative estimate of drug-likeness (QED) is 0.875. The Hall–Kier alpha value is -2.01.